The number of piperidine rings is 1. The van der Waals surface area contributed by atoms with Gasteiger partial charge < -0.3 is 14.3 Å². The minimum Gasteiger partial charge on any atom is -0.453 e. The van der Waals surface area contributed by atoms with Gasteiger partial charge in [-0.25, -0.2) is 13.6 Å². The van der Waals surface area contributed by atoms with Crippen LogP contribution in [0.15, 0.2) is 30.3 Å². The van der Waals surface area contributed by atoms with E-state index in [-0.39, 0.29) is 30.9 Å². The van der Waals surface area contributed by atoms with E-state index in [1.165, 1.54) is 0 Å². The zero-order valence-corrected chi connectivity index (χ0v) is 17.3. The van der Waals surface area contributed by atoms with Crippen LogP contribution in [0.25, 0.3) is 0 Å². The molecule has 0 aromatic heterocycles. The predicted molar refractivity (Wildman–Crippen MR) is 105 cm³/mol. The average molecular weight is 409 g/mol. The maximum absolute atomic E-state index is 14.0. The number of nitrogens with zero attached hydrogens (tertiary/aromatic N) is 1. The van der Waals surface area contributed by atoms with E-state index in [1.54, 1.807) is 30.3 Å². The summed E-state index contributed by atoms with van der Waals surface area (Å²) < 4.78 is 34.8. The molecule has 1 aromatic rings. The number of alkyl halides is 2. The van der Waals surface area contributed by atoms with Crippen LogP contribution in [0.5, 0.6) is 0 Å². The summed E-state index contributed by atoms with van der Waals surface area (Å²) >= 11 is 0. The van der Waals surface area contributed by atoms with Gasteiger partial charge in [0.25, 0.3) is 0 Å². The molecule has 6 heteroatoms. The zero-order chi connectivity index (χ0) is 20.9. The van der Waals surface area contributed by atoms with E-state index in [0.29, 0.717) is 5.56 Å². The van der Waals surface area contributed by atoms with Crippen LogP contribution < -0.4 is 0 Å². The van der Waals surface area contributed by atoms with Crippen LogP contribution >= 0.6 is 0 Å². The Labute approximate surface area is 171 Å². The summed E-state index contributed by atoms with van der Waals surface area (Å²) in [5, 5.41) is 11.6. The third-order valence-electron chi connectivity index (χ3n) is 7.63. The molecule has 1 heterocycles. The second kappa shape index (κ2) is 7.31. The molecule has 1 N–H and O–H groups in total. The molecule has 0 spiro atoms. The molecule has 160 valence electrons. The Hall–Kier alpha value is -1.53. The monoisotopic (exact) mass is 408 g/mol. The number of rotatable bonds is 6. The van der Waals surface area contributed by atoms with Crippen molar-refractivity contribution in [2.24, 2.45) is 11.8 Å². The number of benzene rings is 1. The Balaban J connectivity index is 1.60. The molecule has 4 nitrogen and oxygen atoms in total. The molecule has 6 atom stereocenters. The lowest BCUT2D eigenvalue weighted by molar-refractivity contribution is -0.927. The molecular weight excluding hydrogens is 376 g/mol. The summed E-state index contributed by atoms with van der Waals surface area (Å²) in [5.41, 5.74) is -1.68. The van der Waals surface area contributed by atoms with Gasteiger partial charge in [0.2, 0.25) is 5.92 Å². The van der Waals surface area contributed by atoms with Crippen molar-refractivity contribution in [2.75, 3.05) is 20.1 Å². The van der Waals surface area contributed by atoms with Crippen molar-refractivity contribution in [3.05, 3.63) is 35.9 Å². The number of hydrogen-bond acceptors (Lipinski definition) is 3. The van der Waals surface area contributed by atoms with Gasteiger partial charge in [-0.2, -0.15) is 0 Å². The summed E-state index contributed by atoms with van der Waals surface area (Å²) in [7, 11) is 2.22. The zero-order valence-electron chi connectivity index (χ0n) is 17.3. The van der Waals surface area contributed by atoms with E-state index < -0.39 is 29.8 Å². The van der Waals surface area contributed by atoms with Crippen molar-refractivity contribution in [1.82, 2.24) is 0 Å². The van der Waals surface area contributed by atoms with E-state index in [2.05, 4.69) is 14.0 Å². The van der Waals surface area contributed by atoms with Crippen molar-refractivity contribution in [2.45, 2.75) is 69.1 Å². The van der Waals surface area contributed by atoms with Crippen LogP contribution in [0, 0.1) is 11.8 Å². The Bertz CT molecular complexity index is 758. The molecule has 4 rings (SSSR count). The quantitative estimate of drug-likeness (QED) is 0.574. The molecule has 1 saturated heterocycles. The minimum atomic E-state index is -2.85. The van der Waals surface area contributed by atoms with Gasteiger partial charge >= 0.3 is 5.97 Å². The molecule has 0 amide bonds. The molecule has 1 aromatic carbocycles. The number of carbonyl (C=O) groups is 1. The number of carbonyl (C=O) groups excluding carboxylic acids is 1. The lowest BCUT2D eigenvalue weighted by atomic mass is 9.80. The normalized spacial score (nSPS) is 37.4. The number of halogens is 2. The molecular formula is C23H32F2NO3+. The number of hydrogen-bond donors (Lipinski definition) is 1. The maximum Gasteiger partial charge on any atom is 0.343 e. The van der Waals surface area contributed by atoms with E-state index >= 15 is 0 Å². The number of ether oxygens (including phenoxy) is 1. The first-order chi connectivity index (χ1) is 13.7. The standard InChI is InChI=1S/C23H32F2NO3/c1-3-13-26(2)15-16-9-10-19(26)20(16)29-21(27)23(28,17-7-5-4-6-8-17)18-11-12-22(24,25)14-18/h4-8,16,18-20,28H,3,9-15H2,1-2H3/q+1/t16?,18-,19-,20?,23+,26?/m1/s1. The first-order valence-electron chi connectivity index (χ1n) is 10.9. The van der Waals surface area contributed by atoms with Crippen LogP contribution in [0.1, 0.15) is 51.0 Å². The molecule has 0 radical (unpaired) electrons. The fraction of sp³-hybridized carbons (Fsp3) is 0.696. The highest BCUT2D eigenvalue weighted by Gasteiger charge is 2.60. The third-order valence-corrected chi connectivity index (χ3v) is 7.63. The van der Waals surface area contributed by atoms with Crippen LogP contribution in [-0.4, -0.2) is 53.8 Å². The van der Waals surface area contributed by atoms with E-state index in [1.807, 2.05) is 0 Å². The smallest absolute Gasteiger partial charge is 0.343 e. The molecule has 1 aliphatic heterocycles. The topological polar surface area (TPSA) is 46.5 Å². The van der Waals surface area contributed by atoms with Gasteiger partial charge in [-0.1, -0.05) is 37.3 Å². The lowest BCUT2D eigenvalue weighted by Gasteiger charge is -2.38. The van der Waals surface area contributed by atoms with Crippen LogP contribution in [0.4, 0.5) is 8.78 Å². The number of likely N-dealkylation sites (N-methyl/N-ethyl adjacent to an activating group) is 1. The van der Waals surface area contributed by atoms with Crippen molar-refractivity contribution in [1.29, 1.82) is 0 Å². The number of aliphatic hydroxyl groups is 1. The Morgan fingerprint density at radius 3 is 2.62 bits per heavy atom. The van der Waals surface area contributed by atoms with Gasteiger partial charge in [0.05, 0.1) is 26.1 Å². The highest BCUT2D eigenvalue weighted by molar-refractivity contribution is 5.82. The number of quaternary nitrogens is 1. The third kappa shape index (κ3) is 3.48. The first kappa shape index (κ1) is 20.7. The Morgan fingerprint density at radius 2 is 2.00 bits per heavy atom. The fourth-order valence-electron chi connectivity index (χ4n) is 6.24. The highest BCUT2D eigenvalue weighted by atomic mass is 19.3. The van der Waals surface area contributed by atoms with Gasteiger partial charge in [0.15, 0.2) is 11.7 Å². The second-order valence-corrected chi connectivity index (χ2v) is 9.59. The fourth-order valence-corrected chi connectivity index (χ4v) is 6.24. The number of likely N-dealkylation sites (tertiary alicyclic amines) is 1. The molecule has 3 aliphatic rings. The van der Waals surface area contributed by atoms with Crippen LogP contribution in [0.2, 0.25) is 0 Å². The maximum atomic E-state index is 14.0. The molecule has 29 heavy (non-hydrogen) atoms. The summed E-state index contributed by atoms with van der Waals surface area (Å²) in [4.78, 5) is 13.4. The average Bonchev–Trinajstić information content (AvgIpc) is 3.32. The van der Waals surface area contributed by atoms with E-state index in [4.69, 9.17) is 4.74 Å². The van der Waals surface area contributed by atoms with E-state index in [9.17, 15) is 18.7 Å². The summed E-state index contributed by atoms with van der Waals surface area (Å²) in [5.74, 6) is -4.16. The summed E-state index contributed by atoms with van der Waals surface area (Å²) in [6.45, 7) is 4.17. The lowest BCUT2D eigenvalue weighted by Crippen LogP contribution is -2.53. The van der Waals surface area contributed by atoms with Crippen molar-refractivity contribution < 1.29 is 27.9 Å². The minimum absolute atomic E-state index is 0.106. The van der Waals surface area contributed by atoms with Crippen molar-refractivity contribution in [3.63, 3.8) is 0 Å². The Morgan fingerprint density at radius 1 is 1.28 bits per heavy atom. The van der Waals surface area contributed by atoms with Crippen molar-refractivity contribution in [3.8, 4) is 0 Å². The molecule has 2 saturated carbocycles. The largest absolute Gasteiger partial charge is 0.453 e. The SMILES string of the molecule is CCC[N+]1(C)CC2CC[C@@H]1C2OC(=O)[C@](O)(c1ccccc1)[C@@H]1CCC(F)(F)C1. The van der Waals surface area contributed by atoms with Crippen molar-refractivity contribution >= 4 is 5.97 Å². The van der Waals surface area contributed by atoms with Gasteiger partial charge in [0, 0.05) is 25.2 Å². The van der Waals surface area contributed by atoms with Crippen LogP contribution in [-0.2, 0) is 15.1 Å². The van der Waals surface area contributed by atoms with Gasteiger partial charge in [-0.05, 0) is 24.8 Å². The highest BCUT2D eigenvalue weighted by Crippen LogP contribution is 2.49. The molecule has 2 aliphatic carbocycles. The molecule has 3 fully saturated rings. The molecule has 2 bridgehead atoms. The molecule has 3 unspecified atom stereocenters. The first-order valence-corrected chi connectivity index (χ1v) is 10.9. The van der Waals surface area contributed by atoms with Gasteiger partial charge in [0.1, 0.15) is 6.04 Å². The number of esters is 1. The summed E-state index contributed by atoms with van der Waals surface area (Å²) in [6.07, 6.45) is 2.15. The second-order valence-electron chi connectivity index (χ2n) is 9.59. The van der Waals surface area contributed by atoms with Gasteiger partial charge in [-0.15, -0.1) is 0 Å². The summed E-state index contributed by atoms with van der Waals surface area (Å²) in [6, 6.07) is 8.72. The predicted octanol–water partition coefficient (Wildman–Crippen LogP) is 3.87. The van der Waals surface area contributed by atoms with E-state index in [0.717, 1.165) is 36.8 Å². The van der Waals surface area contributed by atoms with Crippen LogP contribution in [0.3, 0.4) is 0 Å². The Kier molecular flexibility index (Phi) is 5.23. The van der Waals surface area contributed by atoms with Gasteiger partial charge in [-0.3, -0.25) is 0 Å². The number of fused-ring (bicyclic) bond motifs is 2.